The second-order valence-electron chi connectivity index (χ2n) is 3.78. The van der Waals surface area contributed by atoms with E-state index in [1.807, 2.05) is 6.92 Å². The minimum Gasteiger partial charge on any atom is -0.450 e. The van der Waals surface area contributed by atoms with E-state index in [1.165, 1.54) is 13.0 Å². The smallest absolute Gasteiger partial charge is 0.407 e. The van der Waals surface area contributed by atoms with E-state index in [0.29, 0.717) is 18.6 Å². The predicted octanol–water partition coefficient (Wildman–Crippen LogP) is 0.437. The third-order valence-corrected chi connectivity index (χ3v) is 2.91. The largest absolute Gasteiger partial charge is 0.450 e. The van der Waals surface area contributed by atoms with Crippen molar-refractivity contribution in [2.24, 2.45) is 5.92 Å². The fraction of sp³-hybridized carbons (Fsp3) is 0.889. The Morgan fingerprint density at radius 3 is 3.00 bits per heavy atom. The SMILES string of the molecule is CCOC(=O)NC1CN2CCC1C2. The van der Waals surface area contributed by atoms with Gasteiger partial charge in [0.2, 0.25) is 0 Å². The van der Waals surface area contributed by atoms with Gasteiger partial charge in [-0.3, -0.25) is 0 Å². The summed E-state index contributed by atoms with van der Waals surface area (Å²) in [6.07, 6.45) is 0.957. The van der Waals surface area contributed by atoms with Crippen LogP contribution in [0.5, 0.6) is 0 Å². The van der Waals surface area contributed by atoms with Gasteiger partial charge in [0.25, 0.3) is 0 Å². The first kappa shape index (κ1) is 8.81. The average molecular weight is 184 g/mol. The third kappa shape index (κ3) is 1.77. The fourth-order valence-corrected chi connectivity index (χ4v) is 2.27. The number of nitrogens with one attached hydrogen (secondary N) is 1. The Bertz CT molecular complexity index is 208. The van der Waals surface area contributed by atoms with Gasteiger partial charge in [0.1, 0.15) is 0 Å². The number of nitrogens with zero attached hydrogens (tertiary/aromatic N) is 1. The lowest BCUT2D eigenvalue weighted by molar-refractivity contribution is 0.144. The summed E-state index contributed by atoms with van der Waals surface area (Å²) in [6.45, 7) is 5.63. The van der Waals surface area contributed by atoms with E-state index in [4.69, 9.17) is 4.74 Å². The van der Waals surface area contributed by atoms with Crippen molar-refractivity contribution in [1.82, 2.24) is 10.2 Å². The zero-order valence-corrected chi connectivity index (χ0v) is 7.95. The molecule has 74 valence electrons. The number of amides is 1. The van der Waals surface area contributed by atoms with Crippen LogP contribution in [0.25, 0.3) is 0 Å². The summed E-state index contributed by atoms with van der Waals surface area (Å²) in [5.41, 5.74) is 0. The number of carbonyl (C=O) groups excluding carboxylic acids is 1. The maximum atomic E-state index is 11.1. The molecule has 2 bridgehead atoms. The van der Waals surface area contributed by atoms with E-state index < -0.39 is 0 Å². The monoisotopic (exact) mass is 184 g/mol. The molecule has 1 N–H and O–H groups in total. The van der Waals surface area contributed by atoms with Crippen LogP contribution in [0, 0.1) is 5.92 Å². The number of carbonyl (C=O) groups is 1. The highest BCUT2D eigenvalue weighted by atomic mass is 16.5. The summed E-state index contributed by atoms with van der Waals surface area (Å²) in [7, 11) is 0. The molecule has 3 unspecified atom stereocenters. The molecular weight excluding hydrogens is 168 g/mol. The van der Waals surface area contributed by atoms with Crippen LogP contribution in [0.4, 0.5) is 4.79 Å². The zero-order chi connectivity index (χ0) is 9.26. The quantitative estimate of drug-likeness (QED) is 0.677. The van der Waals surface area contributed by atoms with Gasteiger partial charge in [0.05, 0.1) is 6.61 Å². The van der Waals surface area contributed by atoms with E-state index >= 15 is 0 Å². The zero-order valence-electron chi connectivity index (χ0n) is 7.95. The van der Waals surface area contributed by atoms with E-state index in [-0.39, 0.29) is 6.09 Å². The molecule has 0 aromatic carbocycles. The number of rotatable bonds is 2. The summed E-state index contributed by atoms with van der Waals surface area (Å²) in [5, 5.41) is 2.91. The van der Waals surface area contributed by atoms with Gasteiger partial charge in [0.15, 0.2) is 0 Å². The normalized spacial score (nSPS) is 36.2. The van der Waals surface area contributed by atoms with Gasteiger partial charge < -0.3 is 15.0 Å². The molecule has 2 saturated heterocycles. The Morgan fingerprint density at radius 2 is 2.46 bits per heavy atom. The van der Waals surface area contributed by atoms with Crippen molar-refractivity contribution in [2.75, 3.05) is 26.2 Å². The number of ether oxygens (including phenoxy) is 1. The fourth-order valence-electron chi connectivity index (χ4n) is 2.27. The van der Waals surface area contributed by atoms with Gasteiger partial charge in [0, 0.05) is 19.1 Å². The summed E-state index contributed by atoms with van der Waals surface area (Å²) in [6, 6.07) is 0.327. The molecule has 4 nitrogen and oxygen atoms in total. The lowest BCUT2D eigenvalue weighted by atomic mass is 10.0. The van der Waals surface area contributed by atoms with Crippen molar-refractivity contribution in [2.45, 2.75) is 19.4 Å². The van der Waals surface area contributed by atoms with E-state index in [9.17, 15) is 4.79 Å². The van der Waals surface area contributed by atoms with Crippen molar-refractivity contribution in [3.05, 3.63) is 0 Å². The predicted molar refractivity (Wildman–Crippen MR) is 48.5 cm³/mol. The van der Waals surface area contributed by atoms with Crippen molar-refractivity contribution >= 4 is 6.09 Å². The van der Waals surface area contributed by atoms with Gasteiger partial charge in [-0.05, 0) is 25.8 Å². The van der Waals surface area contributed by atoms with Crippen LogP contribution in [0.15, 0.2) is 0 Å². The Balaban J connectivity index is 1.79. The van der Waals surface area contributed by atoms with E-state index in [2.05, 4.69) is 10.2 Å². The minimum absolute atomic E-state index is 0.263. The molecule has 1 amide bonds. The van der Waals surface area contributed by atoms with Gasteiger partial charge in [-0.1, -0.05) is 0 Å². The van der Waals surface area contributed by atoms with Gasteiger partial charge >= 0.3 is 6.09 Å². The van der Waals surface area contributed by atoms with E-state index in [0.717, 1.165) is 13.1 Å². The molecule has 0 aromatic rings. The Labute approximate surface area is 78.2 Å². The Morgan fingerprint density at radius 1 is 1.62 bits per heavy atom. The van der Waals surface area contributed by atoms with Crippen LogP contribution < -0.4 is 5.32 Å². The molecule has 2 aliphatic heterocycles. The van der Waals surface area contributed by atoms with Gasteiger partial charge in [-0.15, -0.1) is 0 Å². The van der Waals surface area contributed by atoms with Crippen molar-refractivity contribution in [1.29, 1.82) is 0 Å². The number of piperidine rings is 1. The molecular formula is C9H16N2O2. The Kier molecular flexibility index (Phi) is 2.40. The van der Waals surface area contributed by atoms with Crippen LogP contribution in [0.2, 0.25) is 0 Å². The summed E-state index contributed by atoms with van der Waals surface area (Å²) >= 11 is 0. The lowest BCUT2D eigenvalue weighted by Crippen LogP contribution is -2.43. The first-order valence-electron chi connectivity index (χ1n) is 4.95. The standard InChI is InChI=1S/C9H16N2O2/c1-2-13-9(12)10-8-6-11-4-3-7(8)5-11/h7-8H,2-6H2,1H3,(H,10,12). The molecule has 0 radical (unpaired) electrons. The maximum Gasteiger partial charge on any atom is 0.407 e. The van der Waals surface area contributed by atoms with Crippen LogP contribution >= 0.6 is 0 Å². The molecule has 0 spiro atoms. The van der Waals surface area contributed by atoms with Crippen molar-refractivity contribution in [3.63, 3.8) is 0 Å². The molecule has 0 aromatic heterocycles. The molecule has 4 heteroatoms. The van der Waals surface area contributed by atoms with Gasteiger partial charge in [-0.25, -0.2) is 4.79 Å². The van der Waals surface area contributed by atoms with Crippen LogP contribution in [-0.2, 0) is 4.74 Å². The number of hydrogen-bond acceptors (Lipinski definition) is 3. The molecule has 2 rings (SSSR count). The lowest BCUT2D eigenvalue weighted by Gasteiger charge is -2.22. The molecule has 0 aliphatic carbocycles. The third-order valence-electron chi connectivity index (χ3n) is 2.91. The molecule has 2 fully saturated rings. The van der Waals surface area contributed by atoms with Crippen molar-refractivity contribution in [3.8, 4) is 0 Å². The highest BCUT2D eigenvalue weighted by Gasteiger charge is 2.38. The topological polar surface area (TPSA) is 41.6 Å². The maximum absolute atomic E-state index is 11.1. The summed E-state index contributed by atoms with van der Waals surface area (Å²) in [5.74, 6) is 0.657. The highest BCUT2D eigenvalue weighted by molar-refractivity contribution is 5.67. The van der Waals surface area contributed by atoms with Crippen LogP contribution in [0.1, 0.15) is 13.3 Å². The van der Waals surface area contributed by atoms with Gasteiger partial charge in [-0.2, -0.15) is 0 Å². The average Bonchev–Trinajstić information content (AvgIpc) is 2.65. The Hall–Kier alpha value is -0.770. The summed E-state index contributed by atoms with van der Waals surface area (Å²) in [4.78, 5) is 13.5. The molecule has 3 atom stereocenters. The number of fused-ring (bicyclic) bond motifs is 2. The molecule has 2 heterocycles. The summed E-state index contributed by atoms with van der Waals surface area (Å²) < 4.78 is 4.84. The highest BCUT2D eigenvalue weighted by Crippen LogP contribution is 2.27. The minimum atomic E-state index is -0.263. The van der Waals surface area contributed by atoms with Crippen LogP contribution in [-0.4, -0.2) is 43.3 Å². The molecule has 0 saturated carbocycles. The second kappa shape index (κ2) is 3.54. The van der Waals surface area contributed by atoms with Crippen molar-refractivity contribution < 1.29 is 9.53 Å². The number of alkyl carbamates (subject to hydrolysis) is 1. The number of hydrogen-bond donors (Lipinski definition) is 1. The molecule has 2 aliphatic rings. The first-order chi connectivity index (χ1) is 6.29. The second-order valence-corrected chi connectivity index (χ2v) is 3.78. The molecule has 13 heavy (non-hydrogen) atoms. The van der Waals surface area contributed by atoms with E-state index in [1.54, 1.807) is 0 Å². The first-order valence-corrected chi connectivity index (χ1v) is 4.95. The van der Waals surface area contributed by atoms with Crippen LogP contribution in [0.3, 0.4) is 0 Å².